The summed E-state index contributed by atoms with van der Waals surface area (Å²) in [6.45, 7) is 3.97. The summed E-state index contributed by atoms with van der Waals surface area (Å²) >= 11 is 1.68. The first-order valence-electron chi connectivity index (χ1n) is 9.23. The minimum atomic E-state index is 0.0591. The van der Waals surface area contributed by atoms with Gasteiger partial charge in [0.1, 0.15) is 10.8 Å². The van der Waals surface area contributed by atoms with Crippen LogP contribution < -0.4 is 4.74 Å². The molecule has 6 nitrogen and oxygen atoms in total. The van der Waals surface area contributed by atoms with Crippen LogP contribution >= 0.6 is 11.3 Å². The lowest BCUT2D eigenvalue weighted by Crippen LogP contribution is -2.48. The topological polar surface area (TPSA) is 58.6 Å². The second-order valence-corrected chi connectivity index (χ2v) is 7.61. The van der Waals surface area contributed by atoms with Gasteiger partial charge in [-0.3, -0.25) is 14.7 Å². The zero-order chi connectivity index (χ0) is 19.3. The fourth-order valence-electron chi connectivity index (χ4n) is 3.25. The molecule has 0 radical (unpaired) electrons. The largest absolute Gasteiger partial charge is 0.497 e. The molecule has 1 aromatic carbocycles. The van der Waals surface area contributed by atoms with E-state index in [0.29, 0.717) is 5.56 Å². The molecule has 0 atom stereocenters. The molecular formula is C21H22N4O2S. The minimum absolute atomic E-state index is 0.0591. The van der Waals surface area contributed by atoms with Crippen molar-refractivity contribution in [2.45, 2.75) is 6.54 Å². The van der Waals surface area contributed by atoms with Gasteiger partial charge >= 0.3 is 0 Å². The van der Waals surface area contributed by atoms with Crippen LogP contribution in [-0.4, -0.2) is 59.0 Å². The lowest BCUT2D eigenvalue weighted by Gasteiger charge is -2.34. The van der Waals surface area contributed by atoms with Crippen LogP contribution in [0, 0.1) is 0 Å². The van der Waals surface area contributed by atoms with E-state index in [1.54, 1.807) is 36.9 Å². The average molecular weight is 395 g/mol. The highest BCUT2D eigenvalue weighted by Gasteiger charge is 2.22. The molecule has 2 aromatic heterocycles. The van der Waals surface area contributed by atoms with Gasteiger partial charge in [0.25, 0.3) is 5.91 Å². The maximum Gasteiger partial charge on any atom is 0.255 e. The number of pyridine rings is 1. The van der Waals surface area contributed by atoms with Crippen molar-refractivity contribution in [3.8, 4) is 17.0 Å². The Morgan fingerprint density at radius 1 is 1.14 bits per heavy atom. The number of aromatic nitrogens is 2. The van der Waals surface area contributed by atoms with Gasteiger partial charge in [0, 0.05) is 49.5 Å². The fourth-order valence-corrected chi connectivity index (χ4v) is 4.09. The Kier molecular flexibility index (Phi) is 5.64. The molecule has 28 heavy (non-hydrogen) atoms. The van der Waals surface area contributed by atoms with Gasteiger partial charge in [0.15, 0.2) is 0 Å². The van der Waals surface area contributed by atoms with Crippen molar-refractivity contribution in [1.82, 2.24) is 19.8 Å². The van der Waals surface area contributed by atoms with E-state index < -0.39 is 0 Å². The standard InChI is InChI=1S/C21H22N4O2S/c1-27-18-6-4-16(5-7-18)19-15-28-20(23-19)14-24-9-11-25(12-10-24)21(26)17-3-2-8-22-13-17/h2-8,13,15H,9-12,14H2,1H3. The number of methoxy groups -OCH3 is 1. The Morgan fingerprint density at radius 2 is 1.93 bits per heavy atom. The van der Waals surface area contributed by atoms with Gasteiger partial charge in [-0.05, 0) is 36.4 Å². The van der Waals surface area contributed by atoms with Crippen molar-refractivity contribution >= 4 is 17.2 Å². The Labute approximate surface area is 168 Å². The van der Waals surface area contributed by atoms with Crippen LogP contribution in [0.4, 0.5) is 0 Å². The molecule has 0 unspecified atom stereocenters. The van der Waals surface area contributed by atoms with E-state index in [9.17, 15) is 4.79 Å². The Bertz CT molecular complexity index is 919. The number of hydrogen-bond donors (Lipinski definition) is 0. The molecule has 0 spiro atoms. The van der Waals surface area contributed by atoms with Gasteiger partial charge in [-0.1, -0.05) is 0 Å². The van der Waals surface area contributed by atoms with E-state index >= 15 is 0 Å². The van der Waals surface area contributed by atoms with E-state index in [4.69, 9.17) is 9.72 Å². The number of amides is 1. The van der Waals surface area contributed by atoms with Gasteiger partial charge in [0.05, 0.1) is 24.9 Å². The van der Waals surface area contributed by atoms with Crippen LogP contribution in [0.5, 0.6) is 5.75 Å². The molecule has 0 aliphatic carbocycles. The van der Waals surface area contributed by atoms with Crippen LogP contribution in [-0.2, 0) is 6.54 Å². The van der Waals surface area contributed by atoms with Gasteiger partial charge < -0.3 is 9.64 Å². The second kappa shape index (κ2) is 8.50. The maximum atomic E-state index is 12.5. The van der Waals surface area contributed by atoms with Gasteiger partial charge in [0.2, 0.25) is 0 Å². The van der Waals surface area contributed by atoms with E-state index in [1.165, 1.54) is 0 Å². The number of thiazole rings is 1. The van der Waals surface area contributed by atoms with Crippen molar-refractivity contribution in [2.24, 2.45) is 0 Å². The highest BCUT2D eigenvalue weighted by molar-refractivity contribution is 7.09. The van der Waals surface area contributed by atoms with Crippen LogP contribution in [0.25, 0.3) is 11.3 Å². The van der Waals surface area contributed by atoms with Crippen molar-refractivity contribution in [1.29, 1.82) is 0 Å². The summed E-state index contributed by atoms with van der Waals surface area (Å²) in [6, 6.07) is 11.6. The number of piperazine rings is 1. The molecule has 144 valence electrons. The van der Waals surface area contributed by atoms with E-state index in [1.807, 2.05) is 35.2 Å². The van der Waals surface area contributed by atoms with E-state index in [2.05, 4.69) is 15.3 Å². The summed E-state index contributed by atoms with van der Waals surface area (Å²) in [7, 11) is 1.67. The molecule has 1 fully saturated rings. The molecule has 3 aromatic rings. The third-order valence-corrected chi connectivity index (χ3v) is 5.70. The fraction of sp³-hybridized carbons (Fsp3) is 0.286. The molecule has 0 saturated carbocycles. The first kappa shape index (κ1) is 18.6. The highest BCUT2D eigenvalue weighted by Crippen LogP contribution is 2.25. The lowest BCUT2D eigenvalue weighted by molar-refractivity contribution is 0.0628. The van der Waals surface area contributed by atoms with Crippen LogP contribution in [0.2, 0.25) is 0 Å². The Hall–Kier alpha value is -2.77. The first-order chi connectivity index (χ1) is 13.7. The van der Waals surface area contributed by atoms with Crippen molar-refractivity contribution in [2.75, 3.05) is 33.3 Å². The van der Waals surface area contributed by atoms with Gasteiger partial charge in [-0.2, -0.15) is 0 Å². The number of rotatable bonds is 5. The van der Waals surface area contributed by atoms with E-state index in [-0.39, 0.29) is 5.91 Å². The number of ether oxygens (including phenoxy) is 1. The average Bonchev–Trinajstić information content (AvgIpc) is 3.23. The second-order valence-electron chi connectivity index (χ2n) is 6.67. The van der Waals surface area contributed by atoms with E-state index in [0.717, 1.165) is 54.7 Å². The Balaban J connectivity index is 1.32. The summed E-state index contributed by atoms with van der Waals surface area (Å²) in [5.41, 5.74) is 2.74. The molecule has 1 aliphatic heterocycles. The SMILES string of the molecule is COc1ccc(-c2csc(CN3CCN(C(=O)c4cccnc4)CC3)n2)cc1. The lowest BCUT2D eigenvalue weighted by atomic mass is 10.2. The third-order valence-electron chi connectivity index (χ3n) is 4.86. The predicted octanol–water partition coefficient (Wildman–Crippen LogP) is 3.17. The summed E-state index contributed by atoms with van der Waals surface area (Å²) in [4.78, 5) is 25.6. The normalized spacial score (nSPS) is 14.8. The molecule has 1 amide bonds. The minimum Gasteiger partial charge on any atom is -0.497 e. The van der Waals surface area contributed by atoms with Gasteiger partial charge in [-0.25, -0.2) is 4.98 Å². The van der Waals surface area contributed by atoms with Crippen LogP contribution in [0.1, 0.15) is 15.4 Å². The molecule has 0 bridgehead atoms. The smallest absolute Gasteiger partial charge is 0.255 e. The summed E-state index contributed by atoms with van der Waals surface area (Å²) in [5.74, 6) is 0.904. The van der Waals surface area contributed by atoms with Crippen LogP contribution in [0.3, 0.4) is 0 Å². The molecular weight excluding hydrogens is 372 g/mol. The number of benzene rings is 1. The first-order valence-corrected chi connectivity index (χ1v) is 10.1. The van der Waals surface area contributed by atoms with Crippen molar-refractivity contribution in [3.05, 3.63) is 64.7 Å². The summed E-state index contributed by atoms with van der Waals surface area (Å²) in [6.07, 6.45) is 3.31. The maximum absolute atomic E-state index is 12.5. The molecule has 1 saturated heterocycles. The molecule has 7 heteroatoms. The molecule has 1 aliphatic rings. The molecule has 0 N–H and O–H groups in total. The zero-order valence-electron chi connectivity index (χ0n) is 15.7. The zero-order valence-corrected chi connectivity index (χ0v) is 16.6. The Morgan fingerprint density at radius 3 is 2.61 bits per heavy atom. The molecule has 3 heterocycles. The van der Waals surface area contributed by atoms with Crippen LogP contribution in [0.15, 0.2) is 54.2 Å². The molecule has 4 rings (SSSR count). The monoisotopic (exact) mass is 394 g/mol. The number of nitrogens with zero attached hydrogens (tertiary/aromatic N) is 4. The number of hydrogen-bond acceptors (Lipinski definition) is 6. The highest BCUT2D eigenvalue weighted by atomic mass is 32.1. The number of carbonyl (C=O) groups excluding carboxylic acids is 1. The quantitative estimate of drug-likeness (QED) is 0.665. The summed E-state index contributed by atoms with van der Waals surface area (Å²) in [5, 5.41) is 3.19. The predicted molar refractivity (Wildman–Crippen MR) is 110 cm³/mol. The number of carbonyl (C=O) groups is 1. The van der Waals surface area contributed by atoms with Crippen molar-refractivity contribution in [3.63, 3.8) is 0 Å². The van der Waals surface area contributed by atoms with Crippen molar-refractivity contribution < 1.29 is 9.53 Å². The summed E-state index contributed by atoms with van der Waals surface area (Å²) < 4.78 is 5.21. The van der Waals surface area contributed by atoms with Gasteiger partial charge in [-0.15, -0.1) is 11.3 Å². The third kappa shape index (κ3) is 4.21.